The van der Waals surface area contributed by atoms with Crippen LogP contribution in [0.3, 0.4) is 0 Å². The normalized spacial score (nSPS) is 17.3. The molecule has 1 aromatic heterocycles. The van der Waals surface area contributed by atoms with E-state index in [0.29, 0.717) is 12.3 Å². The van der Waals surface area contributed by atoms with Crippen molar-refractivity contribution in [2.24, 2.45) is 0 Å². The number of halogens is 1. The number of nitrogens with zero attached hydrogens (tertiary/aromatic N) is 4. The standard InChI is InChI=1S/C22H31FN4O/c1-25(2)15-16-26-14-12-24-22(26)19-6-4-13-27(17-19)21(28)7-3-5-18-8-10-20(23)11-9-18/h8-12,14,19H,3-7,13,15-17H2,1-2H3/t19-/m1/s1. The number of amides is 1. The number of carbonyl (C=O) groups excluding carboxylic acids is 1. The van der Waals surface area contributed by atoms with Crippen LogP contribution in [0, 0.1) is 5.82 Å². The molecule has 1 saturated heterocycles. The Morgan fingerprint density at radius 2 is 2.07 bits per heavy atom. The fourth-order valence-corrected chi connectivity index (χ4v) is 3.84. The van der Waals surface area contributed by atoms with E-state index in [1.165, 1.54) is 12.1 Å². The van der Waals surface area contributed by atoms with Crippen molar-refractivity contribution in [3.05, 3.63) is 53.9 Å². The van der Waals surface area contributed by atoms with Gasteiger partial charge in [0, 0.05) is 50.9 Å². The molecule has 1 atom stereocenters. The number of carbonyl (C=O) groups is 1. The quantitative estimate of drug-likeness (QED) is 0.699. The SMILES string of the molecule is CN(C)CCn1ccnc1[C@@H]1CCCN(C(=O)CCCc2ccc(F)cc2)C1. The highest BCUT2D eigenvalue weighted by atomic mass is 19.1. The Labute approximate surface area is 167 Å². The van der Waals surface area contributed by atoms with E-state index in [1.807, 2.05) is 17.3 Å². The Hall–Kier alpha value is -2.21. The maximum atomic E-state index is 13.0. The summed E-state index contributed by atoms with van der Waals surface area (Å²) >= 11 is 0. The zero-order chi connectivity index (χ0) is 19.9. The first kappa shape index (κ1) is 20.5. The molecule has 0 aliphatic carbocycles. The average molecular weight is 387 g/mol. The second kappa shape index (κ2) is 9.82. The molecular weight excluding hydrogens is 355 g/mol. The lowest BCUT2D eigenvalue weighted by Crippen LogP contribution is -2.39. The zero-order valence-electron chi connectivity index (χ0n) is 17.0. The van der Waals surface area contributed by atoms with Gasteiger partial charge in [0.15, 0.2) is 0 Å². The van der Waals surface area contributed by atoms with Gasteiger partial charge in [0.1, 0.15) is 11.6 Å². The predicted octanol–water partition coefficient (Wildman–Crippen LogP) is 3.31. The molecule has 6 heteroatoms. The number of benzene rings is 1. The van der Waals surface area contributed by atoms with Crippen molar-refractivity contribution in [2.45, 2.75) is 44.6 Å². The van der Waals surface area contributed by atoms with E-state index in [2.05, 4.69) is 28.5 Å². The molecule has 0 radical (unpaired) electrons. The molecule has 0 saturated carbocycles. The first-order valence-electron chi connectivity index (χ1n) is 10.2. The first-order valence-corrected chi connectivity index (χ1v) is 10.2. The van der Waals surface area contributed by atoms with Crippen LogP contribution in [0.15, 0.2) is 36.7 Å². The Bertz CT molecular complexity index is 756. The summed E-state index contributed by atoms with van der Waals surface area (Å²) in [4.78, 5) is 21.5. The zero-order valence-corrected chi connectivity index (χ0v) is 17.0. The van der Waals surface area contributed by atoms with Crippen molar-refractivity contribution >= 4 is 5.91 Å². The van der Waals surface area contributed by atoms with E-state index >= 15 is 0 Å². The van der Waals surface area contributed by atoms with Gasteiger partial charge in [-0.1, -0.05) is 12.1 Å². The molecule has 1 aliphatic heterocycles. The van der Waals surface area contributed by atoms with E-state index in [0.717, 1.165) is 63.3 Å². The van der Waals surface area contributed by atoms with Crippen LogP contribution in [0.5, 0.6) is 0 Å². The molecule has 1 aliphatic rings. The lowest BCUT2D eigenvalue weighted by atomic mass is 9.96. The summed E-state index contributed by atoms with van der Waals surface area (Å²) in [6.07, 6.45) is 8.16. The molecule has 2 aromatic rings. The number of piperidine rings is 1. The number of likely N-dealkylation sites (tertiary alicyclic amines) is 1. The number of imidazole rings is 1. The summed E-state index contributed by atoms with van der Waals surface area (Å²) in [5.74, 6) is 1.42. The van der Waals surface area contributed by atoms with E-state index in [4.69, 9.17) is 0 Å². The van der Waals surface area contributed by atoms with Gasteiger partial charge in [-0.15, -0.1) is 0 Å². The number of aryl methyl sites for hydroxylation is 1. The minimum absolute atomic E-state index is 0.219. The molecule has 152 valence electrons. The third-order valence-corrected chi connectivity index (χ3v) is 5.44. The van der Waals surface area contributed by atoms with Crippen LogP contribution in [0.25, 0.3) is 0 Å². The highest BCUT2D eigenvalue weighted by Crippen LogP contribution is 2.26. The van der Waals surface area contributed by atoms with Gasteiger partial charge in [-0.3, -0.25) is 4.79 Å². The van der Waals surface area contributed by atoms with Crippen molar-refractivity contribution in [3.63, 3.8) is 0 Å². The van der Waals surface area contributed by atoms with Gasteiger partial charge in [0.2, 0.25) is 5.91 Å². The van der Waals surface area contributed by atoms with E-state index < -0.39 is 0 Å². The molecular formula is C22H31FN4O. The molecule has 28 heavy (non-hydrogen) atoms. The summed E-state index contributed by atoms with van der Waals surface area (Å²) in [6, 6.07) is 6.55. The Morgan fingerprint density at radius 3 is 2.82 bits per heavy atom. The Kier molecular flexibility index (Phi) is 7.20. The number of rotatable bonds is 8. The number of hydrogen-bond donors (Lipinski definition) is 0. The minimum atomic E-state index is -0.219. The molecule has 0 N–H and O–H groups in total. The maximum absolute atomic E-state index is 13.0. The van der Waals surface area contributed by atoms with E-state index in [1.54, 1.807) is 12.1 Å². The van der Waals surface area contributed by atoms with Gasteiger partial charge < -0.3 is 14.4 Å². The molecule has 2 heterocycles. The number of hydrogen-bond acceptors (Lipinski definition) is 3. The van der Waals surface area contributed by atoms with Gasteiger partial charge >= 0.3 is 0 Å². The molecule has 1 aromatic carbocycles. The number of likely N-dealkylation sites (N-methyl/N-ethyl adjacent to an activating group) is 1. The largest absolute Gasteiger partial charge is 0.342 e. The lowest BCUT2D eigenvalue weighted by Gasteiger charge is -2.33. The van der Waals surface area contributed by atoms with Crippen molar-refractivity contribution in [2.75, 3.05) is 33.7 Å². The fraction of sp³-hybridized carbons (Fsp3) is 0.545. The molecule has 0 unspecified atom stereocenters. The summed E-state index contributed by atoms with van der Waals surface area (Å²) in [7, 11) is 4.15. The van der Waals surface area contributed by atoms with Crippen molar-refractivity contribution in [1.29, 1.82) is 0 Å². The predicted molar refractivity (Wildman–Crippen MR) is 109 cm³/mol. The second-order valence-corrected chi connectivity index (χ2v) is 7.94. The molecule has 0 spiro atoms. The van der Waals surface area contributed by atoms with Crippen LogP contribution < -0.4 is 0 Å². The van der Waals surface area contributed by atoms with Gasteiger partial charge in [0.25, 0.3) is 0 Å². The van der Waals surface area contributed by atoms with Crippen LogP contribution in [0.4, 0.5) is 4.39 Å². The van der Waals surface area contributed by atoms with Crippen molar-refractivity contribution < 1.29 is 9.18 Å². The Morgan fingerprint density at radius 1 is 1.29 bits per heavy atom. The highest BCUT2D eigenvalue weighted by molar-refractivity contribution is 5.76. The summed E-state index contributed by atoms with van der Waals surface area (Å²) in [5, 5.41) is 0. The van der Waals surface area contributed by atoms with E-state index in [9.17, 15) is 9.18 Å². The van der Waals surface area contributed by atoms with E-state index in [-0.39, 0.29) is 11.7 Å². The van der Waals surface area contributed by atoms with Gasteiger partial charge in [0.05, 0.1) is 0 Å². The van der Waals surface area contributed by atoms with Gasteiger partial charge in [-0.05, 0) is 57.5 Å². The first-order chi connectivity index (χ1) is 13.5. The average Bonchev–Trinajstić information content (AvgIpc) is 3.16. The summed E-state index contributed by atoms with van der Waals surface area (Å²) in [6.45, 7) is 3.49. The van der Waals surface area contributed by atoms with Gasteiger partial charge in [-0.2, -0.15) is 0 Å². The fourth-order valence-electron chi connectivity index (χ4n) is 3.84. The monoisotopic (exact) mass is 386 g/mol. The highest BCUT2D eigenvalue weighted by Gasteiger charge is 2.27. The molecule has 3 rings (SSSR count). The summed E-state index contributed by atoms with van der Waals surface area (Å²) in [5.41, 5.74) is 1.08. The maximum Gasteiger partial charge on any atom is 0.222 e. The second-order valence-electron chi connectivity index (χ2n) is 7.94. The third kappa shape index (κ3) is 5.64. The van der Waals surface area contributed by atoms with Crippen LogP contribution in [0.1, 0.15) is 43.0 Å². The molecule has 0 bridgehead atoms. The van der Waals surface area contributed by atoms with Crippen LogP contribution in [-0.4, -0.2) is 59.0 Å². The molecule has 5 nitrogen and oxygen atoms in total. The minimum Gasteiger partial charge on any atom is -0.342 e. The van der Waals surface area contributed by atoms with Crippen molar-refractivity contribution in [3.8, 4) is 0 Å². The number of aromatic nitrogens is 2. The van der Waals surface area contributed by atoms with Crippen LogP contribution in [-0.2, 0) is 17.8 Å². The van der Waals surface area contributed by atoms with Crippen molar-refractivity contribution in [1.82, 2.24) is 19.4 Å². The smallest absolute Gasteiger partial charge is 0.222 e. The molecule has 1 amide bonds. The molecule has 1 fully saturated rings. The van der Waals surface area contributed by atoms with Crippen LogP contribution in [0.2, 0.25) is 0 Å². The Balaban J connectivity index is 1.51. The third-order valence-electron chi connectivity index (χ3n) is 5.44. The lowest BCUT2D eigenvalue weighted by molar-refractivity contribution is -0.132. The summed E-state index contributed by atoms with van der Waals surface area (Å²) < 4.78 is 15.2. The van der Waals surface area contributed by atoms with Crippen LogP contribution >= 0.6 is 0 Å². The van der Waals surface area contributed by atoms with Gasteiger partial charge in [-0.25, -0.2) is 9.37 Å². The topological polar surface area (TPSA) is 41.4 Å².